The molecule has 1 unspecified atom stereocenters. The van der Waals surface area contributed by atoms with E-state index >= 15 is 0 Å². The molecule has 1 amide bonds. The molecule has 10 heteroatoms. The molecule has 0 radical (unpaired) electrons. The van der Waals surface area contributed by atoms with Crippen LogP contribution in [-0.2, 0) is 11.0 Å². The second-order valence-corrected chi connectivity index (χ2v) is 7.65. The number of hydrogen-bond acceptors (Lipinski definition) is 5. The summed E-state index contributed by atoms with van der Waals surface area (Å²) in [5, 5.41) is 10.9. The van der Waals surface area contributed by atoms with E-state index in [1.165, 1.54) is 28.6 Å². The van der Waals surface area contributed by atoms with Crippen LogP contribution in [0.2, 0.25) is 0 Å². The first kappa shape index (κ1) is 21.0. The maximum Gasteiger partial charge on any atom is 0.416 e. The minimum absolute atomic E-state index is 0.341. The molecule has 1 aromatic heterocycles. The summed E-state index contributed by atoms with van der Waals surface area (Å²) in [6, 6.07) is 12.9. The van der Waals surface area contributed by atoms with Crippen molar-refractivity contribution in [3.05, 3.63) is 77.0 Å². The zero-order valence-electron chi connectivity index (χ0n) is 16.6. The Hall–Kier alpha value is -3.27. The number of aromatic nitrogens is 3. The smallest absolute Gasteiger partial charge is 0.328 e. The van der Waals surface area contributed by atoms with Crippen LogP contribution in [0.5, 0.6) is 0 Å². The summed E-state index contributed by atoms with van der Waals surface area (Å²) in [7, 11) is 0. The number of fused-ring (bicyclic) bond motifs is 1. The van der Waals surface area contributed by atoms with E-state index in [0.29, 0.717) is 33.6 Å². The lowest BCUT2D eigenvalue weighted by molar-refractivity contribution is -0.137. The highest BCUT2D eigenvalue weighted by molar-refractivity contribution is 7.98. The predicted octanol–water partition coefficient (Wildman–Crippen LogP) is 4.95. The molecule has 0 aliphatic carbocycles. The van der Waals surface area contributed by atoms with Gasteiger partial charge in [0.1, 0.15) is 6.04 Å². The first-order chi connectivity index (χ1) is 14.8. The van der Waals surface area contributed by atoms with Gasteiger partial charge >= 0.3 is 6.18 Å². The third-order valence-corrected chi connectivity index (χ3v) is 5.38. The number of para-hydroxylation sites is 1. The van der Waals surface area contributed by atoms with Crippen LogP contribution >= 0.6 is 11.8 Å². The number of benzene rings is 2. The van der Waals surface area contributed by atoms with Crippen LogP contribution < -0.4 is 10.6 Å². The summed E-state index contributed by atoms with van der Waals surface area (Å²) < 4.78 is 40.7. The number of anilines is 2. The first-order valence-corrected chi connectivity index (χ1v) is 10.5. The van der Waals surface area contributed by atoms with Crippen LogP contribution in [0.4, 0.5) is 24.8 Å². The highest BCUT2D eigenvalue weighted by Gasteiger charge is 2.35. The number of allylic oxidation sites excluding steroid dienone is 1. The molecule has 160 valence electrons. The highest BCUT2D eigenvalue weighted by atomic mass is 32.2. The van der Waals surface area contributed by atoms with E-state index in [0.717, 1.165) is 12.1 Å². The van der Waals surface area contributed by atoms with Gasteiger partial charge in [0.25, 0.3) is 5.91 Å². The molecule has 6 nitrogen and oxygen atoms in total. The van der Waals surface area contributed by atoms with Gasteiger partial charge in [-0.05, 0) is 43.0 Å². The monoisotopic (exact) mass is 445 g/mol. The van der Waals surface area contributed by atoms with E-state index in [1.807, 2.05) is 12.3 Å². The fraction of sp³-hybridized carbons (Fsp3) is 0.190. The van der Waals surface area contributed by atoms with Crippen molar-refractivity contribution in [2.24, 2.45) is 0 Å². The van der Waals surface area contributed by atoms with Crippen LogP contribution in [0.1, 0.15) is 24.1 Å². The van der Waals surface area contributed by atoms with Gasteiger partial charge < -0.3 is 10.6 Å². The Morgan fingerprint density at radius 3 is 2.42 bits per heavy atom. The summed E-state index contributed by atoms with van der Waals surface area (Å²) in [4.78, 5) is 17.6. The number of carbonyl (C=O) groups is 1. The molecule has 1 aliphatic heterocycles. The number of thioether (sulfide) groups is 1. The number of rotatable bonds is 4. The van der Waals surface area contributed by atoms with Crippen LogP contribution in [0, 0.1) is 0 Å². The minimum atomic E-state index is -4.45. The summed E-state index contributed by atoms with van der Waals surface area (Å²) >= 11 is 1.33. The van der Waals surface area contributed by atoms with Crippen molar-refractivity contribution in [1.29, 1.82) is 0 Å². The number of alkyl halides is 3. The normalized spacial score (nSPS) is 16.0. The Morgan fingerprint density at radius 1 is 1.13 bits per heavy atom. The molecule has 1 aliphatic rings. The molecule has 0 saturated heterocycles. The SMILES string of the molecule is CSc1nc2n(n1)C(c1ccc(C(F)(F)F)cc1)C(C(=O)Nc1ccccc1)=C(C)N2. The van der Waals surface area contributed by atoms with Gasteiger partial charge in [0.05, 0.1) is 11.1 Å². The number of halogens is 3. The zero-order valence-corrected chi connectivity index (χ0v) is 17.4. The Morgan fingerprint density at radius 2 is 1.81 bits per heavy atom. The quantitative estimate of drug-likeness (QED) is 0.557. The lowest BCUT2D eigenvalue weighted by Crippen LogP contribution is -2.31. The van der Waals surface area contributed by atoms with Crippen LogP contribution in [-0.4, -0.2) is 26.9 Å². The number of amides is 1. The van der Waals surface area contributed by atoms with Gasteiger partial charge in [-0.15, -0.1) is 5.10 Å². The standard InChI is InChI=1S/C21H18F3N5OS/c1-12-16(18(30)26-15-6-4-3-5-7-15)17(29-19(25-12)27-20(28-29)31-2)13-8-10-14(11-9-13)21(22,23)24/h3-11,17H,1-2H3,(H,26,30)(H,25,27,28). The summed E-state index contributed by atoms with van der Waals surface area (Å²) in [5.41, 5.74) is 1.23. The molecule has 2 aromatic carbocycles. The Balaban J connectivity index is 1.78. The number of nitrogens with zero attached hydrogens (tertiary/aromatic N) is 3. The van der Waals surface area contributed by atoms with Crippen LogP contribution in [0.3, 0.4) is 0 Å². The predicted molar refractivity (Wildman–Crippen MR) is 113 cm³/mol. The van der Waals surface area contributed by atoms with Gasteiger partial charge in [-0.3, -0.25) is 4.79 Å². The molecule has 2 N–H and O–H groups in total. The molecule has 4 rings (SSSR count). The molecular weight excluding hydrogens is 427 g/mol. The van der Waals surface area contributed by atoms with Gasteiger partial charge in [0.2, 0.25) is 11.1 Å². The summed E-state index contributed by atoms with van der Waals surface area (Å²) in [6.45, 7) is 1.73. The van der Waals surface area contributed by atoms with Gasteiger partial charge in [0.15, 0.2) is 0 Å². The molecule has 1 atom stereocenters. The molecule has 0 saturated carbocycles. The molecule has 0 spiro atoms. The van der Waals surface area contributed by atoms with E-state index in [9.17, 15) is 18.0 Å². The maximum absolute atomic E-state index is 13.2. The second-order valence-electron chi connectivity index (χ2n) is 6.87. The topological polar surface area (TPSA) is 71.8 Å². The van der Waals surface area contributed by atoms with E-state index in [-0.39, 0.29) is 5.91 Å². The molecule has 2 heterocycles. The fourth-order valence-electron chi connectivity index (χ4n) is 3.39. The zero-order chi connectivity index (χ0) is 22.2. The summed E-state index contributed by atoms with van der Waals surface area (Å²) in [5.74, 6) is 0.0379. The van der Waals surface area contributed by atoms with Crippen LogP contribution in [0.15, 0.2) is 71.0 Å². The Bertz CT molecular complexity index is 1140. The van der Waals surface area contributed by atoms with Gasteiger partial charge in [0, 0.05) is 11.4 Å². The minimum Gasteiger partial charge on any atom is -0.328 e. The molecule has 0 bridgehead atoms. The van der Waals surface area contributed by atoms with Gasteiger partial charge in [-0.1, -0.05) is 42.1 Å². The largest absolute Gasteiger partial charge is 0.416 e. The Kier molecular flexibility index (Phi) is 5.48. The third kappa shape index (κ3) is 4.15. The average Bonchev–Trinajstić information content (AvgIpc) is 3.15. The van der Waals surface area contributed by atoms with Gasteiger partial charge in [-0.2, -0.15) is 18.2 Å². The van der Waals surface area contributed by atoms with E-state index in [1.54, 1.807) is 31.2 Å². The van der Waals surface area contributed by atoms with Crippen LogP contribution in [0.25, 0.3) is 0 Å². The van der Waals surface area contributed by atoms with E-state index in [2.05, 4.69) is 20.7 Å². The maximum atomic E-state index is 13.2. The molecular formula is C21H18F3N5OS. The van der Waals surface area contributed by atoms with E-state index in [4.69, 9.17) is 0 Å². The summed E-state index contributed by atoms with van der Waals surface area (Å²) in [6.07, 6.45) is -2.63. The van der Waals surface area contributed by atoms with Crippen molar-refractivity contribution >= 4 is 29.3 Å². The van der Waals surface area contributed by atoms with E-state index < -0.39 is 17.8 Å². The number of hydrogen-bond donors (Lipinski definition) is 2. The van der Waals surface area contributed by atoms with Crippen molar-refractivity contribution in [2.75, 3.05) is 16.9 Å². The van der Waals surface area contributed by atoms with Crippen molar-refractivity contribution in [3.63, 3.8) is 0 Å². The average molecular weight is 445 g/mol. The molecule has 0 fully saturated rings. The lowest BCUT2D eigenvalue weighted by Gasteiger charge is -2.28. The number of nitrogens with one attached hydrogen (secondary N) is 2. The van der Waals surface area contributed by atoms with Crippen molar-refractivity contribution in [1.82, 2.24) is 14.8 Å². The third-order valence-electron chi connectivity index (χ3n) is 4.85. The first-order valence-electron chi connectivity index (χ1n) is 9.30. The number of carbonyl (C=O) groups excluding carboxylic acids is 1. The second kappa shape index (κ2) is 8.10. The van der Waals surface area contributed by atoms with Crippen molar-refractivity contribution < 1.29 is 18.0 Å². The highest BCUT2D eigenvalue weighted by Crippen LogP contribution is 2.38. The van der Waals surface area contributed by atoms with Crippen molar-refractivity contribution in [2.45, 2.75) is 24.3 Å². The fourth-order valence-corrected chi connectivity index (χ4v) is 3.74. The van der Waals surface area contributed by atoms with Gasteiger partial charge in [-0.25, -0.2) is 4.68 Å². The lowest BCUT2D eigenvalue weighted by atomic mass is 9.94. The Labute approximate surface area is 180 Å². The van der Waals surface area contributed by atoms with Crippen molar-refractivity contribution in [3.8, 4) is 0 Å². The molecule has 31 heavy (non-hydrogen) atoms. The molecule has 3 aromatic rings.